The molecule has 0 aromatic heterocycles. The highest BCUT2D eigenvalue weighted by Crippen LogP contribution is 2.43. The quantitative estimate of drug-likeness (QED) is 0.601. The summed E-state index contributed by atoms with van der Waals surface area (Å²) in [6.07, 6.45) is 4.96. The van der Waals surface area contributed by atoms with Crippen molar-refractivity contribution in [1.29, 1.82) is 0 Å². The molecular formula is C18H30F2O. The standard InChI is InChI=1S/C18H30F2O/c1-4-5-13-6-8-14(9-7-13)15-10-11-16(21-12(2)3)18(20)17(15)19/h13-18H,2,4-11H2,1,3H3. The van der Waals surface area contributed by atoms with Gasteiger partial charge in [-0.2, -0.15) is 0 Å². The monoisotopic (exact) mass is 300 g/mol. The number of hydrogen-bond acceptors (Lipinski definition) is 1. The highest BCUT2D eigenvalue weighted by atomic mass is 19.2. The maximum atomic E-state index is 14.5. The van der Waals surface area contributed by atoms with E-state index < -0.39 is 18.4 Å². The molecule has 2 aliphatic carbocycles. The van der Waals surface area contributed by atoms with Crippen LogP contribution in [0.25, 0.3) is 0 Å². The van der Waals surface area contributed by atoms with Gasteiger partial charge in [-0.3, -0.25) is 0 Å². The van der Waals surface area contributed by atoms with Gasteiger partial charge >= 0.3 is 0 Å². The van der Waals surface area contributed by atoms with Crippen LogP contribution in [0.4, 0.5) is 8.78 Å². The molecule has 0 spiro atoms. The molecule has 0 saturated heterocycles. The molecule has 0 aromatic carbocycles. The van der Waals surface area contributed by atoms with Gasteiger partial charge in [-0.05, 0) is 50.4 Å². The van der Waals surface area contributed by atoms with Gasteiger partial charge in [0.1, 0.15) is 12.3 Å². The van der Waals surface area contributed by atoms with Crippen molar-refractivity contribution in [3.8, 4) is 0 Å². The molecule has 0 amide bonds. The Morgan fingerprint density at radius 2 is 1.71 bits per heavy atom. The van der Waals surface area contributed by atoms with Crippen molar-refractivity contribution in [3.63, 3.8) is 0 Å². The number of ether oxygens (including phenoxy) is 1. The molecule has 0 aromatic rings. The van der Waals surface area contributed by atoms with Crippen LogP contribution in [0.15, 0.2) is 12.3 Å². The summed E-state index contributed by atoms with van der Waals surface area (Å²) in [7, 11) is 0. The normalized spacial score (nSPS) is 40.8. The minimum Gasteiger partial charge on any atom is -0.493 e. The second kappa shape index (κ2) is 7.60. The highest BCUT2D eigenvalue weighted by molar-refractivity contribution is 4.94. The van der Waals surface area contributed by atoms with Gasteiger partial charge in [-0.25, -0.2) is 8.78 Å². The second-order valence-electron chi connectivity index (χ2n) is 7.06. The van der Waals surface area contributed by atoms with Crippen LogP contribution < -0.4 is 0 Å². The number of hydrogen-bond donors (Lipinski definition) is 0. The van der Waals surface area contributed by atoms with Crippen LogP contribution in [0.3, 0.4) is 0 Å². The number of rotatable bonds is 5. The molecule has 3 heteroatoms. The summed E-state index contributed by atoms with van der Waals surface area (Å²) in [6, 6.07) is 0. The van der Waals surface area contributed by atoms with E-state index in [1.807, 2.05) is 0 Å². The molecule has 0 heterocycles. The average molecular weight is 300 g/mol. The van der Waals surface area contributed by atoms with Crippen molar-refractivity contribution < 1.29 is 13.5 Å². The fraction of sp³-hybridized carbons (Fsp3) is 0.889. The molecule has 0 N–H and O–H groups in total. The van der Waals surface area contributed by atoms with Gasteiger partial charge in [0.15, 0.2) is 6.17 Å². The summed E-state index contributed by atoms with van der Waals surface area (Å²) in [5.74, 6) is 1.56. The van der Waals surface area contributed by atoms with E-state index in [-0.39, 0.29) is 5.92 Å². The van der Waals surface area contributed by atoms with Crippen LogP contribution in [0.5, 0.6) is 0 Å². The molecule has 4 unspecified atom stereocenters. The minimum atomic E-state index is -1.49. The number of alkyl halides is 2. The Hall–Kier alpha value is -0.600. The number of allylic oxidation sites excluding steroid dienone is 1. The fourth-order valence-corrected chi connectivity index (χ4v) is 4.31. The van der Waals surface area contributed by atoms with Crippen LogP contribution >= 0.6 is 0 Å². The SMILES string of the molecule is C=C(C)OC1CCC(C2CCC(CCC)CC2)C(F)C1F. The zero-order valence-corrected chi connectivity index (χ0v) is 13.5. The Bertz CT molecular complexity index is 336. The predicted octanol–water partition coefficient (Wildman–Crippen LogP) is 5.60. The first-order chi connectivity index (χ1) is 10.0. The molecule has 4 atom stereocenters. The van der Waals surface area contributed by atoms with E-state index in [0.29, 0.717) is 18.1 Å². The van der Waals surface area contributed by atoms with Crippen molar-refractivity contribution in [3.05, 3.63) is 12.3 Å². The second-order valence-corrected chi connectivity index (χ2v) is 7.06. The molecule has 1 nitrogen and oxygen atoms in total. The average Bonchev–Trinajstić information content (AvgIpc) is 2.45. The van der Waals surface area contributed by atoms with Gasteiger partial charge in [0.05, 0.1) is 5.76 Å². The van der Waals surface area contributed by atoms with Gasteiger partial charge in [0.25, 0.3) is 0 Å². The lowest BCUT2D eigenvalue weighted by molar-refractivity contribution is -0.0666. The Morgan fingerprint density at radius 3 is 2.29 bits per heavy atom. The van der Waals surface area contributed by atoms with Crippen LogP contribution in [0, 0.1) is 17.8 Å². The summed E-state index contributed by atoms with van der Waals surface area (Å²) in [5, 5.41) is 0. The highest BCUT2D eigenvalue weighted by Gasteiger charge is 2.44. The molecule has 122 valence electrons. The van der Waals surface area contributed by atoms with E-state index in [1.165, 1.54) is 25.7 Å². The summed E-state index contributed by atoms with van der Waals surface area (Å²) in [6.45, 7) is 7.55. The van der Waals surface area contributed by atoms with E-state index in [2.05, 4.69) is 13.5 Å². The van der Waals surface area contributed by atoms with E-state index in [1.54, 1.807) is 6.92 Å². The van der Waals surface area contributed by atoms with Crippen molar-refractivity contribution >= 4 is 0 Å². The lowest BCUT2D eigenvalue weighted by Gasteiger charge is -2.41. The Morgan fingerprint density at radius 1 is 1.05 bits per heavy atom. The van der Waals surface area contributed by atoms with Crippen molar-refractivity contribution in [2.24, 2.45) is 17.8 Å². The van der Waals surface area contributed by atoms with Crippen molar-refractivity contribution in [1.82, 2.24) is 0 Å². The molecule has 2 aliphatic rings. The predicted molar refractivity (Wildman–Crippen MR) is 82.6 cm³/mol. The van der Waals surface area contributed by atoms with Crippen molar-refractivity contribution in [2.75, 3.05) is 0 Å². The van der Waals surface area contributed by atoms with E-state index >= 15 is 0 Å². The van der Waals surface area contributed by atoms with E-state index in [0.717, 1.165) is 25.2 Å². The largest absolute Gasteiger partial charge is 0.493 e. The first kappa shape index (κ1) is 16.8. The van der Waals surface area contributed by atoms with Gasteiger partial charge in [0, 0.05) is 0 Å². The first-order valence-electron chi connectivity index (χ1n) is 8.63. The van der Waals surface area contributed by atoms with E-state index in [4.69, 9.17) is 4.74 Å². The van der Waals surface area contributed by atoms with Crippen molar-refractivity contribution in [2.45, 2.75) is 83.7 Å². The lowest BCUT2D eigenvalue weighted by Crippen LogP contribution is -2.45. The molecule has 2 saturated carbocycles. The summed E-state index contributed by atoms with van der Waals surface area (Å²) in [4.78, 5) is 0. The smallest absolute Gasteiger partial charge is 0.168 e. The molecule has 21 heavy (non-hydrogen) atoms. The molecule has 2 fully saturated rings. The molecular weight excluding hydrogens is 270 g/mol. The van der Waals surface area contributed by atoms with E-state index in [9.17, 15) is 8.78 Å². The first-order valence-corrected chi connectivity index (χ1v) is 8.63. The van der Waals surface area contributed by atoms with Gasteiger partial charge in [-0.15, -0.1) is 0 Å². The summed E-state index contributed by atoms with van der Waals surface area (Å²) < 4.78 is 34.1. The van der Waals surface area contributed by atoms with Crippen LogP contribution in [-0.4, -0.2) is 18.4 Å². The van der Waals surface area contributed by atoms with Crippen LogP contribution in [-0.2, 0) is 4.74 Å². The molecule has 0 bridgehead atoms. The molecule has 0 aliphatic heterocycles. The number of halogens is 2. The minimum absolute atomic E-state index is 0.104. The molecule has 0 radical (unpaired) electrons. The topological polar surface area (TPSA) is 9.23 Å². The third-order valence-corrected chi connectivity index (χ3v) is 5.40. The van der Waals surface area contributed by atoms with Crippen LogP contribution in [0.2, 0.25) is 0 Å². The third kappa shape index (κ3) is 4.20. The van der Waals surface area contributed by atoms with Crippen LogP contribution in [0.1, 0.15) is 65.2 Å². The fourth-order valence-electron chi connectivity index (χ4n) is 4.31. The maximum absolute atomic E-state index is 14.5. The Balaban J connectivity index is 1.87. The van der Waals surface area contributed by atoms with Gasteiger partial charge in [-0.1, -0.05) is 39.2 Å². The lowest BCUT2D eigenvalue weighted by atomic mass is 9.69. The zero-order chi connectivity index (χ0) is 15.4. The summed E-state index contributed by atoms with van der Waals surface area (Å²) in [5.41, 5.74) is 0. The summed E-state index contributed by atoms with van der Waals surface area (Å²) >= 11 is 0. The molecule has 2 rings (SSSR count). The Labute approximate surface area is 128 Å². The van der Waals surface area contributed by atoms with Gasteiger partial charge in [0.2, 0.25) is 0 Å². The Kier molecular flexibility index (Phi) is 6.07. The third-order valence-electron chi connectivity index (χ3n) is 5.40. The maximum Gasteiger partial charge on any atom is 0.168 e. The van der Waals surface area contributed by atoms with Gasteiger partial charge < -0.3 is 4.74 Å². The zero-order valence-electron chi connectivity index (χ0n) is 13.5.